The largest absolute Gasteiger partial charge is 0.370 e. The number of likely N-dealkylation sites (N-methyl/N-ethyl adjacent to an activating group) is 1. The number of hydrogen-bond acceptors (Lipinski definition) is 3. The molecule has 0 bridgehead atoms. The standard InChI is InChI=1S/C16H27N3/c1-4-15(17)14-9-5-6-10-16(14)19-11-7-8-13(12-19)18(2)3/h5-6,9-10,13,15H,4,7-8,11-12,17H2,1-3H3/t13?,15-/m0/s1. The van der Waals surface area contributed by atoms with Crippen LogP contribution in [0.4, 0.5) is 5.69 Å². The normalized spacial score (nSPS) is 21.7. The van der Waals surface area contributed by atoms with Gasteiger partial charge in [-0.15, -0.1) is 0 Å². The van der Waals surface area contributed by atoms with Gasteiger partial charge < -0.3 is 15.5 Å². The second-order valence-electron chi connectivity index (χ2n) is 5.78. The van der Waals surface area contributed by atoms with Crippen LogP contribution in [0.3, 0.4) is 0 Å². The minimum atomic E-state index is 0.149. The highest BCUT2D eigenvalue weighted by atomic mass is 15.2. The Balaban J connectivity index is 2.21. The lowest BCUT2D eigenvalue weighted by atomic mass is 9.99. The van der Waals surface area contributed by atoms with Crippen molar-refractivity contribution in [3.05, 3.63) is 29.8 Å². The number of nitrogens with two attached hydrogens (primary N) is 1. The van der Waals surface area contributed by atoms with E-state index in [4.69, 9.17) is 5.73 Å². The van der Waals surface area contributed by atoms with E-state index in [9.17, 15) is 0 Å². The van der Waals surface area contributed by atoms with Crippen molar-refractivity contribution >= 4 is 5.69 Å². The fraction of sp³-hybridized carbons (Fsp3) is 0.625. The summed E-state index contributed by atoms with van der Waals surface area (Å²) < 4.78 is 0. The Hall–Kier alpha value is -1.06. The first-order chi connectivity index (χ1) is 9.13. The lowest BCUT2D eigenvalue weighted by Crippen LogP contribution is -2.45. The molecule has 0 aromatic heterocycles. The molecule has 1 aromatic rings. The van der Waals surface area contributed by atoms with E-state index in [1.807, 2.05) is 0 Å². The molecule has 1 saturated heterocycles. The van der Waals surface area contributed by atoms with E-state index in [0.29, 0.717) is 6.04 Å². The van der Waals surface area contributed by atoms with Crippen LogP contribution in [0, 0.1) is 0 Å². The van der Waals surface area contributed by atoms with E-state index in [1.54, 1.807) is 0 Å². The molecule has 2 atom stereocenters. The first kappa shape index (κ1) is 14.4. The Morgan fingerprint density at radius 1 is 1.37 bits per heavy atom. The quantitative estimate of drug-likeness (QED) is 0.904. The average Bonchev–Trinajstić information content (AvgIpc) is 2.46. The topological polar surface area (TPSA) is 32.5 Å². The van der Waals surface area contributed by atoms with Gasteiger partial charge in [-0.3, -0.25) is 0 Å². The van der Waals surface area contributed by atoms with Crippen molar-refractivity contribution in [2.24, 2.45) is 5.73 Å². The predicted molar refractivity (Wildman–Crippen MR) is 82.6 cm³/mol. The van der Waals surface area contributed by atoms with Gasteiger partial charge in [0.2, 0.25) is 0 Å². The van der Waals surface area contributed by atoms with E-state index in [0.717, 1.165) is 19.5 Å². The molecule has 0 aliphatic carbocycles. The Labute approximate surface area is 117 Å². The number of hydrogen-bond donors (Lipinski definition) is 1. The monoisotopic (exact) mass is 261 g/mol. The molecular weight excluding hydrogens is 234 g/mol. The molecular formula is C16H27N3. The lowest BCUT2D eigenvalue weighted by molar-refractivity contribution is 0.258. The number of para-hydroxylation sites is 1. The van der Waals surface area contributed by atoms with Crippen LogP contribution in [-0.2, 0) is 0 Å². The average molecular weight is 261 g/mol. The van der Waals surface area contributed by atoms with E-state index in [2.05, 4.69) is 55.1 Å². The molecule has 2 N–H and O–H groups in total. The molecule has 1 fully saturated rings. The summed E-state index contributed by atoms with van der Waals surface area (Å²) in [7, 11) is 4.36. The minimum Gasteiger partial charge on any atom is -0.370 e. The zero-order valence-electron chi connectivity index (χ0n) is 12.5. The van der Waals surface area contributed by atoms with Crippen molar-refractivity contribution < 1.29 is 0 Å². The maximum atomic E-state index is 6.26. The fourth-order valence-electron chi connectivity index (χ4n) is 2.90. The first-order valence-corrected chi connectivity index (χ1v) is 7.39. The van der Waals surface area contributed by atoms with Crippen LogP contribution in [0.2, 0.25) is 0 Å². The summed E-state index contributed by atoms with van der Waals surface area (Å²) in [4.78, 5) is 4.85. The second-order valence-corrected chi connectivity index (χ2v) is 5.78. The maximum Gasteiger partial charge on any atom is 0.0415 e. The first-order valence-electron chi connectivity index (χ1n) is 7.39. The number of nitrogens with zero attached hydrogens (tertiary/aromatic N) is 2. The van der Waals surface area contributed by atoms with Crippen LogP contribution >= 0.6 is 0 Å². The van der Waals surface area contributed by atoms with E-state index in [1.165, 1.54) is 24.1 Å². The molecule has 0 radical (unpaired) electrons. The van der Waals surface area contributed by atoms with Crippen molar-refractivity contribution in [3.8, 4) is 0 Å². The predicted octanol–water partition coefficient (Wildman–Crippen LogP) is 2.63. The molecule has 1 unspecified atom stereocenters. The van der Waals surface area contributed by atoms with Crippen molar-refractivity contribution in [1.29, 1.82) is 0 Å². The van der Waals surface area contributed by atoms with Crippen LogP contribution in [-0.4, -0.2) is 38.1 Å². The highest BCUT2D eigenvalue weighted by Crippen LogP contribution is 2.29. The summed E-state index contributed by atoms with van der Waals surface area (Å²) >= 11 is 0. The van der Waals surface area contributed by atoms with Gasteiger partial charge in [-0.1, -0.05) is 25.1 Å². The fourth-order valence-corrected chi connectivity index (χ4v) is 2.90. The molecule has 1 aliphatic rings. The van der Waals surface area contributed by atoms with Crippen molar-refractivity contribution in [1.82, 2.24) is 4.90 Å². The highest BCUT2D eigenvalue weighted by molar-refractivity contribution is 5.55. The minimum absolute atomic E-state index is 0.149. The van der Waals surface area contributed by atoms with Gasteiger partial charge in [0.15, 0.2) is 0 Å². The third kappa shape index (κ3) is 3.28. The SMILES string of the molecule is CC[C@H](N)c1ccccc1N1CCCC(N(C)C)C1. The van der Waals surface area contributed by atoms with Crippen molar-refractivity contribution in [2.75, 3.05) is 32.1 Å². The molecule has 1 heterocycles. The van der Waals surface area contributed by atoms with Crippen LogP contribution in [0.5, 0.6) is 0 Å². The van der Waals surface area contributed by atoms with Gasteiger partial charge in [-0.05, 0) is 45.0 Å². The van der Waals surface area contributed by atoms with Crippen LogP contribution in [0.15, 0.2) is 24.3 Å². The third-order valence-corrected chi connectivity index (χ3v) is 4.24. The second kappa shape index (κ2) is 6.40. The molecule has 106 valence electrons. The Bertz CT molecular complexity index is 403. The van der Waals surface area contributed by atoms with Crippen molar-refractivity contribution in [3.63, 3.8) is 0 Å². The highest BCUT2D eigenvalue weighted by Gasteiger charge is 2.23. The zero-order valence-corrected chi connectivity index (χ0v) is 12.5. The van der Waals surface area contributed by atoms with Gasteiger partial charge in [0, 0.05) is 30.9 Å². The maximum absolute atomic E-state index is 6.26. The molecule has 19 heavy (non-hydrogen) atoms. The number of rotatable bonds is 4. The van der Waals surface area contributed by atoms with Gasteiger partial charge in [0.05, 0.1) is 0 Å². The Morgan fingerprint density at radius 3 is 2.79 bits per heavy atom. The molecule has 1 aliphatic heterocycles. The Morgan fingerprint density at radius 2 is 2.11 bits per heavy atom. The van der Waals surface area contributed by atoms with Gasteiger partial charge >= 0.3 is 0 Å². The van der Waals surface area contributed by atoms with E-state index < -0.39 is 0 Å². The summed E-state index contributed by atoms with van der Waals surface area (Å²) in [5, 5.41) is 0. The lowest BCUT2D eigenvalue weighted by Gasteiger charge is -2.38. The van der Waals surface area contributed by atoms with E-state index in [-0.39, 0.29) is 6.04 Å². The van der Waals surface area contributed by atoms with Gasteiger partial charge in [0.1, 0.15) is 0 Å². The summed E-state index contributed by atoms with van der Waals surface area (Å²) in [5.41, 5.74) is 8.89. The van der Waals surface area contributed by atoms with Crippen LogP contribution in [0.1, 0.15) is 37.8 Å². The summed E-state index contributed by atoms with van der Waals surface area (Å²) in [5.74, 6) is 0. The molecule has 3 heteroatoms. The number of anilines is 1. The summed E-state index contributed by atoms with van der Waals surface area (Å²) in [6, 6.07) is 9.43. The van der Waals surface area contributed by atoms with E-state index >= 15 is 0 Å². The van der Waals surface area contributed by atoms with Gasteiger partial charge in [0.25, 0.3) is 0 Å². The molecule has 0 saturated carbocycles. The summed E-state index contributed by atoms with van der Waals surface area (Å²) in [6.07, 6.45) is 3.55. The molecule has 0 amide bonds. The molecule has 0 spiro atoms. The molecule has 1 aromatic carbocycles. The third-order valence-electron chi connectivity index (χ3n) is 4.24. The van der Waals surface area contributed by atoms with Gasteiger partial charge in [-0.25, -0.2) is 0 Å². The Kier molecular flexibility index (Phi) is 4.83. The van der Waals surface area contributed by atoms with Crippen molar-refractivity contribution in [2.45, 2.75) is 38.3 Å². The molecule has 3 nitrogen and oxygen atoms in total. The van der Waals surface area contributed by atoms with Crippen LogP contribution in [0.25, 0.3) is 0 Å². The number of piperidine rings is 1. The van der Waals surface area contributed by atoms with Gasteiger partial charge in [-0.2, -0.15) is 0 Å². The summed E-state index contributed by atoms with van der Waals surface area (Å²) in [6.45, 7) is 4.42. The van der Waals surface area contributed by atoms with Crippen LogP contribution < -0.4 is 10.6 Å². The zero-order chi connectivity index (χ0) is 13.8. The number of benzene rings is 1. The molecule has 2 rings (SSSR count). The smallest absolute Gasteiger partial charge is 0.0415 e.